The first-order valence-electron chi connectivity index (χ1n) is 10.3. The first kappa shape index (κ1) is 25.8. The molecule has 1 amide bonds. The summed E-state index contributed by atoms with van der Waals surface area (Å²) in [7, 11) is 0. The van der Waals surface area contributed by atoms with E-state index in [1.807, 2.05) is 6.07 Å². The van der Waals surface area contributed by atoms with Crippen molar-refractivity contribution in [2.24, 2.45) is 11.3 Å². The van der Waals surface area contributed by atoms with E-state index in [1.165, 1.54) is 13.8 Å². The van der Waals surface area contributed by atoms with Crippen molar-refractivity contribution in [3.8, 4) is 6.07 Å². The zero-order valence-corrected chi connectivity index (χ0v) is 19.6. The predicted molar refractivity (Wildman–Crippen MR) is 113 cm³/mol. The number of fused-ring (bicyclic) bond motifs is 1. The Morgan fingerprint density at radius 1 is 1.19 bits per heavy atom. The molecule has 2 rings (SSSR count). The minimum Gasteiger partial charge on any atom is -0.463 e. The molecule has 0 saturated heterocycles. The molecule has 0 fully saturated rings. The summed E-state index contributed by atoms with van der Waals surface area (Å²) in [6.07, 6.45) is -4.79. The van der Waals surface area contributed by atoms with Crippen LogP contribution in [0.25, 0.3) is 0 Å². The third-order valence-electron chi connectivity index (χ3n) is 5.47. The lowest BCUT2D eigenvalue weighted by atomic mass is 9.72. The molecule has 1 heterocycles. The van der Waals surface area contributed by atoms with Crippen molar-refractivity contribution >= 4 is 28.4 Å². The largest absolute Gasteiger partial charge is 0.463 e. The van der Waals surface area contributed by atoms with Crippen LogP contribution < -0.4 is 10.6 Å². The third kappa shape index (κ3) is 5.11. The normalized spacial score (nSPS) is 18.0. The van der Waals surface area contributed by atoms with Gasteiger partial charge in [-0.2, -0.15) is 18.4 Å². The average molecular weight is 476 g/mol. The molecule has 178 valence electrons. The van der Waals surface area contributed by atoms with Crippen LogP contribution in [0.5, 0.6) is 0 Å². The Labute approximate surface area is 189 Å². The number of hydrogen-bond acceptors (Lipinski definition) is 7. The number of carbonyl (C=O) groups excluding carboxylic acids is 2. The third-order valence-corrected chi connectivity index (χ3v) is 6.64. The van der Waals surface area contributed by atoms with E-state index >= 15 is 0 Å². The van der Waals surface area contributed by atoms with Gasteiger partial charge in [-0.25, -0.2) is 9.59 Å². The Kier molecular flexibility index (Phi) is 7.71. The van der Waals surface area contributed by atoms with Crippen LogP contribution in [-0.4, -0.2) is 37.1 Å². The maximum Gasteiger partial charge on any atom is 0.442 e. The second-order valence-electron chi connectivity index (χ2n) is 8.56. The molecule has 1 aromatic heterocycles. The second kappa shape index (κ2) is 9.57. The Hall–Kier alpha value is -2.48. The maximum absolute atomic E-state index is 14.3. The lowest BCUT2D eigenvalue weighted by Crippen LogP contribution is -2.69. The molecule has 32 heavy (non-hydrogen) atoms. The van der Waals surface area contributed by atoms with E-state index in [1.54, 1.807) is 5.32 Å². The van der Waals surface area contributed by atoms with Gasteiger partial charge in [-0.1, -0.05) is 20.8 Å². The van der Waals surface area contributed by atoms with Gasteiger partial charge in [0, 0.05) is 4.88 Å². The summed E-state index contributed by atoms with van der Waals surface area (Å²) >= 11 is 0.992. The minimum absolute atomic E-state index is 0.00575. The van der Waals surface area contributed by atoms with Crippen LogP contribution >= 0.6 is 11.3 Å². The number of anilines is 1. The molecule has 0 unspecified atom stereocenters. The SMILES string of the molecule is CCOC(=O)N[C@](Nc1sc2c(c1C#N)CC[C@H](C(C)(C)C)C2)(C(=O)OCC)C(F)(F)F. The lowest BCUT2D eigenvalue weighted by Gasteiger charge is -2.34. The summed E-state index contributed by atoms with van der Waals surface area (Å²) in [5.74, 6) is -1.45. The number of halogens is 3. The van der Waals surface area contributed by atoms with Gasteiger partial charge in [0.15, 0.2) is 0 Å². The fourth-order valence-corrected chi connectivity index (χ4v) is 4.99. The Morgan fingerprint density at radius 3 is 2.31 bits per heavy atom. The van der Waals surface area contributed by atoms with Gasteiger partial charge >= 0.3 is 23.9 Å². The fraction of sp³-hybridized carbons (Fsp3) is 0.667. The summed E-state index contributed by atoms with van der Waals surface area (Å²) in [6.45, 7) is 8.51. The van der Waals surface area contributed by atoms with Gasteiger partial charge in [-0.3, -0.25) is 5.32 Å². The van der Waals surface area contributed by atoms with Crippen LogP contribution in [0, 0.1) is 22.7 Å². The Balaban J connectivity index is 2.56. The Morgan fingerprint density at radius 2 is 1.81 bits per heavy atom. The summed E-state index contributed by atoms with van der Waals surface area (Å²) < 4.78 is 52.0. The number of alkyl carbamates (subject to hydrolysis) is 1. The van der Waals surface area contributed by atoms with Crippen molar-refractivity contribution in [2.75, 3.05) is 18.5 Å². The molecule has 1 aliphatic rings. The number of nitrogens with one attached hydrogen (secondary N) is 2. The van der Waals surface area contributed by atoms with Gasteiger partial charge in [0.2, 0.25) is 0 Å². The molecule has 1 aliphatic carbocycles. The number of nitrogens with zero attached hydrogens (tertiary/aromatic N) is 1. The molecule has 0 aliphatic heterocycles. The zero-order valence-electron chi connectivity index (χ0n) is 18.7. The molecule has 0 saturated carbocycles. The highest BCUT2D eigenvalue weighted by Crippen LogP contribution is 2.45. The molecule has 0 aromatic carbocycles. The van der Waals surface area contributed by atoms with Crippen molar-refractivity contribution in [3.05, 3.63) is 16.0 Å². The van der Waals surface area contributed by atoms with E-state index in [2.05, 4.69) is 35.6 Å². The highest BCUT2D eigenvalue weighted by Gasteiger charge is 2.64. The molecular weight excluding hydrogens is 447 g/mol. The first-order chi connectivity index (χ1) is 14.8. The first-order valence-corrected chi connectivity index (χ1v) is 11.1. The van der Waals surface area contributed by atoms with Gasteiger partial charge in [0.05, 0.1) is 18.8 Å². The van der Waals surface area contributed by atoms with Gasteiger partial charge < -0.3 is 14.8 Å². The fourth-order valence-electron chi connectivity index (χ4n) is 3.65. The van der Waals surface area contributed by atoms with E-state index in [4.69, 9.17) is 0 Å². The van der Waals surface area contributed by atoms with Crippen LogP contribution in [0.15, 0.2) is 0 Å². The predicted octanol–water partition coefficient (Wildman–Crippen LogP) is 4.75. The van der Waals surface area contributed by atoms with Gasteiger partial charge in [0.1, 0.15) is 11.1 Å². The second-order valence-corrected chi connectivity index (χ2v) is 9.67. The standard InChI is InChI=1S/C21H28F3N3O4S/c1-6-30-17(28)20(21(22,23)24,27-18(29)31-7-2)26-16-14(11-25)13-9-8-12(19(3,4)5)10-15(13)32-16/h12,26H,6-10H2,1-5H3,(H,27,29)/t12-,20+/m0/s1. The summed E-state index contributed by atoms with van der Waals surface area (Å²) in [5, 5.41) is 13.3. The van der Waals surface area contributed by atoms with Crippen molar-refractivity contribution in [1.29, 1.82) is 5.26 Å². The molecular formula is C21H28F3N3O4S. The molecule has 7 nitrogen and oxygen atoms in total. The van der Waals surface area contributed by atoms with Crippen LogP contribution in [0.3, 0.4) is 0 Å². The molecule has 11 heteroatoms. The number of alkyl halides is 3. The minimum atomic E-state index is -5.29. The number of thiophene rings is 1. The number of ether oxygens (including phenoxy) is 2. The zero-order chi connectivity index (χ0) is 24.3. The van der Waals surface area contributed by atoms with Crippen LogP contribution in [0.2, 0.25) is 0 Å². The number of hydrogen-bond donors (Lipinski definition) is 2. The quantitative estimate of drug-likeness (QED) is 0.455. The average Bonchev–Trinajstić information content (AvgIpc) is 3.02. The summed E-state index contributed by atoms with van der Waals surface area (Å²) in [5.41, 5.74) is -2.90. The highest BCUT2D eigenvalue weighted by molar-refractivity contribution is 7.16. The van der Waals surface area contributed by atoms with E-state index in [0.717, 1.165) is 22.6 Å². The number of rotatable bonds is 6. The topological polar surface area (TPSA) is 100 Å². The van der Waals surface area contributed by atoms with E-state index < -0.39 is 23.9 Å². The monoisotopic (exact) mass is 475 g/mol. The van der Waals surface area contributed by atoms with Gasteiger partial charge in [0.25, 0.3) is 0 Å². The summed E-state index contributed by atoms with van der Waals surface area (Å²) in [6, 6.07) is 1.97. The van der Waals surface area contributed by atoms with Crippen LogP contribution in [0.4, 0.5) is 23.0 Å². The van der Waals surface area contributed by atoms with Crippen molar-refractivity contribution in [2.45, 2.75) is 65.7 Å². The highest BCUT2D eigenvalue weighted by atomic mass is 32.1. The van der Waals surface area contributed by atoms with Gasteiger partial charge in [-0.15, -0.1) is 11.3 Å². The molecule has 1 aromatic rings. The van der Waals surface area contributed by atoms with E-state index in [-0.39, 0.29) is 29.2 Å². The molecule has 0 spiro atoms. The molecule has 2 atom stereocenters. The van der Waals surface area contributed by atoms with E-state index in [9.17, 15) is 28.0 Å². The number of amides is 1. The van der Waals surface area contributed by atoms with Crippen molar-refractivity contribution in [3.63, 3.8) is 0 Å². The number of carbonyl (C=O) groups is 2. The Bertz CT molecular complexity index is 902. The smallest absolute Gasteiger partial charge is 0.442 e. The lowest BCUT2D eigenvalue weighted by molar-refractivity contribution is -0.205. The van der Waals surface area contributed by atoms with Crippen molar-refractivity contribution in [1.82, 2.24) is 5.32 Å². The molecule has 0 radical (unpaired) electrons. The van der Waals surface area contributed by atoms with Crippen LogP contribution in [0.1, 0.15) is 57.0 Å². The van der Waals surface area contributed by atoms with Gasteiger partial charge in [-0.05, 0) is 50.0 Å². The molecule has 2 N–H and O–H groups in total. The van der Waals surface area contributed by atoms with Crippen molar-refractivity contribution < 1.29 is 32.2 Å². The maximum atomic E-state index is 14.3. The van der Waals surface area contributed by atoms with Crippen LogP contribution in [-0.2, 0) is 27.1 Å². The summed E-state index contributed by atoms with van der Waals surface area (Å²) in [4.78, 5) is 25.3. The number of esters is 1. The number of nitriles is 1. The van der Waals surface area contributed by atoms with E-state index in [0.29, 0.717) is 24.3 Å². The molecule has 0 bridgehead atoms.